The number of rotatable bonds is 3. The van der Waals surface area contributed by atoms with Crippen molar-refractivity contribution in [2.24, 2.45) is 0 Å². The number of hydrogen-bond acceptors (Lipinski definition) is 2. The quantitative estimate of drug-likeness (QED) is 0.651. The molecule has 2 rings (SSSR count). The molecule has 2 aromatic carbocycles. The van der Waals surface area contributed by atoms with Crippen LogP contribution in [0.2, 0.25) is 20.1 Å². The summed E-state index contributed by atoms with van der Waals surface area (Å²) in [6, 6.07) is 11.4. The van der Waals surface area contributed by atoms with Gasteiger partial charge in [-0.15, -0.1) is 0 Å². The molecule has 0 spiro atoms. The molecule has 0 aliphatic heterocycles. The van der Waals surface area contributed by atoms with Gasteiger partial charge >= 0.3 is 0 Å². The van der Waals surface area contributed by atoms with Gasteiger partial charge < -0.3 is 0 Å². The van der Waals surface area contributed by atoms with Gasteiger partial charge in [0.05, 0.1) is 16.1 Å². The normalized spacial score (nSPS) is 11.8. The maximum Gasteiger partial charge on any atom is 0.186 e. The van der Waals surface area contributed by atoms with Crippen LogP contribution >= 0.6 is 46.4 Å². The van der Waals surface area contributed by atoms with Crippen molar-refractivity contribution in [3.63, 3.8) is 0 Å². The van der Waals surface area contributed by atoms with Crippen LogP contribution in [-0.4, -0.2) is 5.78 Å². The average Bonchev–Trinajstić information content (AvgIpc) is 2.45. The fraction of sp³-hybridized carbons (Fsp3) is 0.0667. The second-order valence-corrected chi connectivity index (χ2v) is 5.76. The van der Waals surface area contributed by atoms with Gasteiger partial charge in [0, 0.05) is 21.2 Å². The highest BCUT2D eigenvalue weighted by atomic mass is 35.5. The summed E-state index contributed by atoms with van der Waals surface area (Å²) in [6.45, 7) is 0. The number of carbonyl (C=O) groups is 1. The summed E-state index contributed by atoms with van der Waals surface area (Å²) in [5.74, 6) is -1.65. The van der Waals surface area contributed by atoms with Gasteiger partial charge in [0.2, 0.25) is 0 Å². The molecule has 0 saturated heterocycles. The zero-order valence-corrected chi connectivity index (χ0v) is 13.4. The number of ketones is 1. The van der Waals surface area contributed by atoms with Crippen molar-refractivity contribution in [1.29, 1.82) is 5.26 Å². The first kappa shape index (κ1) is 16.1. The lowest BCUT2D eigenvalue weighted by Crippen LogP contribution is -2.13. The van der Waals surface area contributed by atoms with Gasteiger partial charge in [-0.1, -0.05) is 58.5 Å². The number of halogens is 4. The fourth-order valence-corrected chi connectivity index (χ4v) is 2.90. The van der Waals surface area contributed by atoms with Crippen LogP contribution in [-0.2, 0) is 0 Å². The minimum Gasteiger partial charge on any atom is -0.292 e. The molecule has 2 nitrogen and oxygen atoms in total. The maximum absolute atomic E-state index is 12.6. The smallest absolute Gasteiger partial charge is 0.186 e. The van der Waals surface area contributed by atoms with Crippen LogP contribution in [0.4, 0.5) is 0 Å². The first-order chi connectivity index (χ1) is 9.97. The Kier molecular flexibility index (Phi) is 5.13. The molecule has 0 aliphatic rings. The molecule has 0 fully saturated rings. The summed E-state index contributed by atoms with van der Waals surface area (Å²) in [7, 11) is 0. The summed E-state index contributed by atoms with van der Waals surface area (Å²) in [5.41, 5.74) is 0.427. The molecule has 0 aliphatic carbocycles. The number of nitrogens with zero attached hydrogens (tertiary/aromatic N) is 1. The van der Waals surface area contributed by atoms with Crippen molar-refractivity contribution < 1.29 is 4.79 Å². The lowest BCUT2D eigenvalue weighted by Gasteiger charge is -2.13. The molecule has 0 saturated carbocycles. The molecule has 106 valence electrons. The van der Waals surface area contributed by atoms with Crippen molar-refractivity contribution in [1.82, 2.24) is 0 Å². The standard InChI is InChI=1S/C15H7Cl4NO/c16-10-4-2-5-11(17)13(10)9(7-20)15(21)8-3-1-6-12(18)14(8)19/h1-6,9H. The topological polar surface area (TPSA) is 40.9 Å². The van der Waals surface area contributed by atoms with E-state index in [1.54, 1.807) is 30.3 Å². The van der Waals surface area contributed by atoms with E-state index in [-0.39, 0.29) is 31.2 Å². The number of carbonyl (C=O) groups excluding carboxylic acids is 1. The number of hydrogen-bond donors (Lipinski definition) is 0. The van der Waals surface area contributed by atoms with E-state index < -0.39 is 11.7 Å². The van der Waals surface area contributed by atoms with Crippen LogP contribution in [0.1, 0.15) is 21.8 Å². The zero-order valence-electron chi connectivity index (χ0n) is 10.4. The van der Waals surface area contributed by atoms with Gasteiger partial charge in [0.15, 0.2) is 5.78 Å². The average molecular weight is 359 g/mol. The Labute approximate surface area is 141 Å². The highest BCUT2D eigenvalue weighted by molar-refractivity contribution is 6.44. The Morgan fingerprint density at radius 3 is 2.05 bits per heavy atom. The molecule has 0 N–H and O–H groups in total. The summed E-state index contributed by atoms with van der Waals surface area (Å²) in [6.07, 6.45) is 0. The Bertz CT molecular complexity index is 732. The van der Waals surface area contributed by atoms with E-state index in [2.05, 4.69) is 0 Å². The third-order valence-electron chi connectivity index (χ3n) is 2.90. The molecule has 21 heavy (non-hydrogen) atoms. The molecule has 0 heterocycles. The van der Waals surface area contributed by atoms with E-state index in [0.29, 0.717) is 0 Å². The van der Waals surface area contributed by atoms with Gasteiger partial charge in [-0.3, -0.25) is 4.79 Å². The second kappa shape index (κ2) is 6.68. The van der Waals surface area contributed by atoms with E-state index in [1.807, 2.05) is 6.07 Å². The number of Topliss-reactive ketones (excluding diaryl/α,β-unsaturated/α-hetero) is 1. The fourth-order valence-electron chi connectivity index (χ4n) is 1.89. The van der Waals surface area contributed by atoms with Gasteiger partial charge in [-0.25, -0.2) is 0 Å². The van der Waals surface area contributed by atoms with Gasteiger partial charge in [-0.05, 0) is 24.3 Å². The SMILES string of the molecule is N#CC(C(=O)c1cccc(Cl)c1Cl)c1c(Cl)cccc1Cl. The molecule has 0 bridgehead atoms. The summed E-state index contributed by atoms with van der Waals surface area (Å²) < 4.78 is 0. The maximum atomic E-state index is 12.6. The molecule has 0 radical (unpaired) electrons. The van der Waals surface area contributed by atoms with Crippen molar-refractivity contribution in [3.05, 3.63) is 67.6 Å². The molecule has 0 aromatic heterocycles. The third kappa shape index (κ3) is 3.17. The minimum atomic E-state index is -1.15. The van der Waals surface area contributed by atoms with Gasteiger partial charge in [0.1, 0.15) is 5.92 Å². The van der Waals surface area contributed by atoms with Gasteiger partial charge in [-0.2, -0.15) is 5.26 Å². The second-order valence-electron chi connectivity index (χ2n) is 4.16. The number of benzene rings is 2. The Balaban J connectivity index is 2.55. The lowest BCUT2D eigenvalue weighted by atomic mass is 9.91. The summed E-state index contributed by atoms with van der Waals surface area (Å²) in [5, 5.41) is 10.2. The van der Waals surface area contributed by atoms with Crippen LogP contribution < -0.4 is 0 Å². The van der Waals surface area contributed by atoms with E-state index in [4.69, 9.17) is 46.4 Å². The highest BCUT2D eigenvalue weighted by Gasteiger charge is 2.28. The van der Waals surface area contributed by atoms with Crippen molar-refractivity contribution in [2.75, 3.05) is 0 Å². The van der Waals surface area contributed by atoms with E-state index in [9.17, 15) is 10.1 Å². The predicted octanol–water partition coefficient (Wildman–Crippen LogP) is 5.79. The van der Waals surface area contributed by atoms with Gasteiger partial charge in [0.25, 0.3) is 0 Å². The van der Waals surface area contributed by atoms with E-state index >= 15 is 0 Å². The van der Waals surface area contributed by atoms with Crippen LogP contribution in [0.5, 0.6) is 0 Å². The summed E-state index contributed by atoms with van der Waals surface area (Å²) in [4.78, 5) is 12.6. The van der Waals surface area contributed by atoms with Crippen LogP contribution in [0.3, 0.4) is 0 Å². The predicted molar refractivity (Wildman–Crippen MR) is 85.6 cm³/mol. The molecular formula is C15H7Cl4NO. The van der Waals surface area contributed by atoms with E-state index in [1.165, 1.54) is 6.07 Å². The molecule has 2 aromatic rings. The van der Waals surface area contributed by atoms with Crippen molar-refractivity contribution >= 4 is 52.2 Å². The summed E-state index contributed by atoms with van der Waals surface area (Å²) >= 11 is 24.0. The third-order valence-corrected chi connectivity index (χ3v) is 4.37. The first-order valence-corrected chi connectivity index (χ1v) is 7.30. The monoisotopic (exact) mass is 357 g/mol. The highest BCUT2D eigenvalue weighted by Crippen LogP contribution is 2.35. The molecule has 1 atom stereocenters. The van der Waals surface area contributed by atoms with Crippen molar-refractivity contribution in [2.45, 2.75) is 5.92 Å². The minimum absolute atomic E-state index is 0.104. The number of nitriles is 1. The molecular weight excluding hydrogens is 352 g/mol. The van der Waals surface area contributed by atoms with Crippen LogP contribution in [0.25, 0.3) is 0 Å². The Morgan fingerprint density at radius 2 is 1.48 bits per heavy atom. The lowest BCUT2D eigenvalue weighted by molar-refractivity contribution is 0.0979. The Morgan fingerprint density at radius 1 is 0.952 bits per heavy atom. The van der Waals surface area contributed by atoms with Crippen molar-refractivity contribution in [3.8, 4) is 6.07 Å². The Hall–Kier alpha value is -1.24. The van der Waals surface area contributed by atoms with Crippen LogP contribution in [0.15, 0.2) is 36.4 Å². The van der Waals surface area contributed by atoms with E-state index in [0.717, 1.165) is 0 Å². The van der Waals surface area contributed by atoms with Crippen LogP contribution in [0, 0.1) is 11.3 Å². The zero-order chi connectivity index (χ0) is 15.6. The molecule has 0 amide bonds. The first-order valence-electron chi connectivity index (χ1n) is 5.79. The largest absolute Gasteiger partial charge is 0.292 e. The molecule has 6 heteroatoms. The molecule has 1 unspecified atom stereocenters.